The monoisotopic (exact) mass is 400 g/mol. The van der Waals surface area contributed by atoms with E-state index in [1.165, 1.54) is 17.7 Å². The fourth-order valence-electron chi connectivity index (χ4n) is 3.60. The van der Waals surface area contributed by atoms with Crippen molar-refractivity contribution in [2.24, 2.45) is 0 Å². The molecule has 2 aliphatic heterocycles. The van der Waals surface area contributed by atoms with Crippen molar-refractivity contribution < 1.29 is 9.53 Å². The molecule has 6 heteroatoms. The Morgan fingerprint density at radius 2 is 1.96 bits per heavy atom. The molecule has 2 aliphatic rings. The largest absolute Gasteiger partial charge is 0.486 e. The molecule has 1 fully saturated rings. The molecule has 0 radical (unpaired) electrons. The molecule has 2 aromatic rings. The van der Waals surface area contributed by atoms with E-state index in [1.54, 1.807) is 23.1 Å². The summed E-state index contributed by atoms with van der Waals surface area (Å²) in [5.41, 5.74) is 1.04. The molecular weight excluding hydrogens is 376 g/mol. The first kappa shape index (κ1) is 18.6. The van der Waals surface area contributed by atoms with Crippen LogP contribution in [0.4, 0.5) is 0 Å². The van der Waals surface area contributed by atoms with Crippen molar-refractivity contribution >= 4 is 33.9 Å². The summed E-state index contributed by atoms with van der Waals surface area (Å²) < 4.78 is 5.79. The van der Waals surface area contributed by atoms with Gasteiger partial charge in [-0.1, -0.05) is 36.4 Å². The van der Waals surface area contributed by atoms with E-state index in [0.717, 1.165) is 29.3 Å². The van der Waals surface area contributed by atoms with Crippen molar-refractivity contribution in [2.75, 3.05) is 32.0 Å². The first-order chi connectivity index (χ1) is 13.3. The Hall–Kier alpha value is -1.76. The Bertz CT molecular complexity index is 784. The summed E-state index contributed by atoms with van der Waals surface area (Å²) in [7, 11) is 0. The lowest BCUT2D eigenvalue weighted by molar-refractivity contribution is -0.121. The third kappa shape index (κ3) is 4.39. The van der Waals surface area contributed by atoms with Crippen molar-refractivity contribution in [3.8, 4) is 0 Å². The summed E-state index contributed by atoms with van der Waals surface area (Å²) in [4.78, 5) is 17.7. The number of thioether (sulfide) groups is 1. The summed E-state index contributed by atoms with van der Waals surface area (Å²) in [5.74, 6) is 1.22. The molecular formula is C21H24N2O2S2. The van der Waals surface area contributed by atoms with Crippen molar-refractivity contribution in [3.05, 3.63) is 64.0 Å². The standard InChI is InChI=1S/C21H24N2O2S2/c24-21(19-20(27-14-12-25-19)16-7-2-1-3-8-16)22-15-17(18-9-6-13-26-18)23-10-4-5-11-23/h1-3,6-9,13,17H,4-5,10-12,14-15H2,(H,22,24)/t17-/m0/s1. The quantitative estimate of drug-likeness (QED) is 0.792. The zero-order valence-corrected chi connectivity index (χ0v) is 16.9. The lowest BCUT2D eigenvalue weighted by Gasteiger charge is -2.27. The Labute approximate surface area is 168 Å². The highest BCUT2D eigenvalue weighted by atomic mass is 32.2. The lowest BCUT2D eigenvalue weighted by atomic mass is 10.2. The van der Waals surface area contributed by atoms with Crippen LogP contribution in [0.1, 0.15) is 29.3 Å². The van der Waals surface area contributed by atoms with Gasteiger partial charge in [-0.25, -0.2) is 0 Å². The number of rotatable bonds is 6. The van der Waals surface area contributed by atoms with Gasteiger partial charge in [0.05, 0.1) is 17.6 Å². The zero-order valence-electron chi connectivity index (χ0n) is 15.2. The average Bonchev–Trinajstić information content (AvgIpc) is 3.43. The highest BCUT2D eigenvalue weighted by Crippen LogP contribution is 2.35. The highest BCUT2D eigenvalue weighted by Gasteiger charge is 2.27. The van der Waals surface area contributed by atoms with Gasteiger partial charge in [0.15, 0.2) is 5.76 Å². The Morgan fingerprint density at radius 1 is 1.15 bits per heavy atom. The van der Waals surface area contributed by atoms with E-state index in [0.29, 0.717) is 18.9 Å². The normalized spacial score (nSPS) is 19.0. The number of hydrogen-bond donors (Lipinski definition) is 1. The Balaban J connectivity index is 1.50. The SMILES string of the molecule is O=C(NC[C@@H](c1cccs1)N1CCCC1)C1=C(c2ccccc2)SCCO1. The number of amides is 1. The smallest absolute Gasteiger partial charge is 0.287 e. The van der Waals surface area contributed by atoms with Crippen LogP contribution in [-0.2, 0) is 9.53 Å². The predicted octanol–water partition coefficient (Wildman–Crippen LogP) is 4.13. The van der Waals surface area contributed by atoms with Crippen molar-refractivity contribution in [1.82, 2.24) is 10.2 Å². The first-order valence-corrected chi connectivity index (χ1v) is 11.3. The van der Waals surface area contributed by atoms with Crippen LogP contribution >= 0.6 is 23.1 Å². The molecule has 3 heterocycles. The van der Waals surface area contributed by atoms with Gasteiger partial charge < -0.3 is 10.1 Å². The number of thiophene rings is 1. The second kappa shape index (κ2) is 8.95. The van der Waals surface area contributed by atoms with Crippen molar-refractivity contribution in [1.29, 1.82) is 0 Å². The molecule has 1 aromatic heterocycles. The van der Waals surface area contributed by atoms with Gasteiger partial charge in [0.1, 0.15) is 0 Å². The Morgan fingerprint density at radius 3 is 2.70 bits per heavy atom. The van der Waals surface area contributed by atoms with Crippen LogP contribution < -0.4 is 5.32 Å². The molecule has 1 N–H and O–H groups in total. The van der Waals surface area contributed by atoms with Crippen LogP contribution in [0.15, 0.2) is 53.6 Å². The second-order valence-corrected chi connectivity index (χ2v) is 8.79. The van der Waals surface area contributed by atoms with E-state index in [2.05, 4.69) is 27.7 Å². The molecule has 1 amide bonds. The number of nitrogens with one attached hydrogen (secondary N) is 1. The van der Waals surface area contributed by atoms with E-state index in [1.807, 2.05) is 30.3 Å². The van der Waals surface area contributed by atoms with E-state index in [-0.39, 0.29) is 11.9 Å². The number of nitrogens with zero attached hydrogens (tertiary/aromatic N) is 1. The average molecular weight is 401 g/mol. The van der Waals surface area contributed by atoms with E-state index in [9.17, 15) is 4.79 Å². The topological polar surface area (TPSA) is 41.6 Å². The van der Waals surface area contributed by atoms with Gasteiger partial charge in [0, 0.05) is 17.2 Å². The maximum Gasteiger partial charge on any atom is 0.287 e. The molecule has 1 atom stereocenters. The number of likely N-dealkylation sites (tertiary alicyclic amines) is 1. The summed E-state index contributed by atoms with van der Waals surface area (Å²) in [6.07, 6.45) is 2.47. The van der Waals surface area contributed by atoms with Crippen LogP contribution in [0, 0.1) is 0 Å². The van der Waals surface area contributed by atoms with Crippen LogP contribution in [0.25, 0.3) is 4.91 Å². The number of benzene rings is 1. The maximum absolute atomic E-state index is 12.9. The van der Waals surface area contributed by atoms with Gasteiger partial charge in [0.25, 0.3) is 5.91 Å². The molecule has 0 saturated carbocycles. The zero-order chi connectivity index (χ0) is 18.5. The molecule has 0 spiro atoms. The fourth-order valence-corrected chi connectivity index (χ4v) is 5.42. The van der Waals surface area contributed by atoms with E-state index in [4.69, 9.17) is 4.74 Å². The highest BCUT2D eigenvalue weighted by molar-refractivity contribution is 8.08. The number of hydrogen-bond acceptors (Lipinski definition) is 5. The van der Waals surface area contributed by atoms with Crippen LogP contribution in [0.3, 0.4) is 0 Å². The minimum Gasteiger partial charge on any atom is -0.486 e. The van der Waals surface area contributed by atoms with Gasteiger partial charge in [-0.05, 0) is 42.9 Å². The van der Waals surface area contributed by atoms with Crippen molar-refractivity contribution in [3.63, 3.8) is 0 Å². The van der Waals surface area contributed by atoms with Gasteiger partial charge in [-0.2, -0.15) is 0 Å². The summed E-state index contributed by atoms with van der Waals surface area (Å²) in [6.45, 7) is 3.38. The van der Waals surface area contributed by atoms with E-state index >= 15 is 0 Å². The second-order valence-electron chi connectivity index (χ2n) is 6.71. The molecule has 27 heavy (non-hydrogen) atoms. The number of carbonyl (C=O) groups excluding carboxylic acids is 1. The van der Waals surface area contributed by atoms with E-state index < -0.39 is 0 Å². The molecule has 1 saturated heterocycles. The summed E-state index contributed by atoms with van der Waals surface area (Å²) in [6, 6.07) is 14.5. The van der Waals surface area contributed by atoms with Gasteiger partial charge in [-0.15, -0.1) is 23.1 Å². The number of carbonyl (C=O) groups is 1. The van der Waals surface area contributed by atoms with Gasteiger partial charge in [-0.3, -0.25) is 9.69 Å². The molecule has 1 aromatic carbocycles. The minimum atomic E-state index is -0.109. The lowest BCUT2D eigenvalue weighted by Crippen LogP contribution is -2.37. The van der Waals surface area contributed by atoms with Crippen molar-refractivity contribution in [2.45, 2.75) is 18.9 Å². The van der Waals surface area contributed by atoms with Gasteiger partial charge >= 0.3 is 0 Å². The van der Waals surface area contributed by atoms with Crippen LogP contribution in [-0.4, -0.2) is 42.8 Å². The third-order valence-corrected chi connectivity index (χ3v) is 6.99. The summed E-state index contributed by atoms with van der Waals surface area (Å²) in [5, 5.41) is 5.26. The molecule has 4 nitrogen and oxygen atoms in total. The molecule has 0 unspecified atom stereocenters. The maximum atomic E-state index is 12.9. The molecule has 4 rings (SSSR count). The fraction of sp³-hybridized carbons (Fsp3) is 0.381. The number of ether oxygens (including phenoxy) is 1. The third-order valence-electron chi connectivity index (χ3n) is 4.93. The molecule has 142 valence electrons. The first-order valence-electron chi connectivity index (χ1n) is 9.44. The van der Waals surface area contributed by atoms with Crippen LogP contribution in [0.5, 0.6) is 0 Å². The molecule has 0 aliphatic carbocycles. The predicted molar refractivity (Wildman–Crippen MR) is 113 cm³/mol. The minimum absolute atomic E-state index is 0.109. The summed E-state index contributed by atoms with van der Waals surface area (Å²) >= 11 is 3.46. The van der Waals surface area contributed by atoms with Gasteiger partial charge in [0.2, 0.25) is 0 Å². The Kier molecular flexibility index (Phi) is 6.17. The molecule has 0 bridgehead atoms. The van der Waals surface area contributed by atoms with Crippen LogP contribution in [0.2, 0.25) is 0 Å².